The molecule has 1 aromatic carbocycles. The number of furan rings is 1. The Bertz CT molecular complexity index is 663. The van der Waals surface area contributed by atoms with E-state index >= 15 is 0 Å². The predicted molar refractivity (Wildman–Crippen MR) is 76.8 cm³/mol. The fraction of sp³-hybridized carbons (Fsp3) is 0.250. The van der Waals surface area contributed by atoms with Crippen LogP contribution in [0, 0.1) is 12.7 Å². The summed E-state index contributed by atoms with van der Waals surface area (Å²) in [5.74, 6) is -1.30. The summed E-state index contributed by atoms with van der Waals surface area (Å²) in [6.07, 6.45) is 1.59. The Labute approximate surface area is 127 Å². The molecule has 22 heavy (non-hydrogen) atoms. The van der Waals surface area contributed by atoms with Crippen molar-refractivity contribution in [2.75, 3.05) is 7.11 Å². The van der Waals surface area contributed by atoms with Gasteiger partial charge in [-0.25, -0.2) is 9.18 Å². The maximum absolute atomic E-state index is 12.9. The molecule has 0 spiro atoms. The van der Waals surface area contributed by atoms with Crippen LogP contribution in [0.1, 0.15) is 21.7 Å². The largest absolute Gasteiger partial charge is 0.467 e. The molecule has 0 bridgehead atoms. The number of carbonyl (C=O) groups excluding carboxylic acids is 2. The van der Waals surface area contributed by atoms with E-state index in [1.165, 1.54) is 25.5 Å². The number of nitrogens with one attached hydrogen (secondary N) is 1. The van der Waals surface area contributed by atoms with Crippen molar-refractivity contribution < 1.29 is 23.1 Å². The zero-order valence-electron chi connectivity index (χ0n) is 12.3. The normalized spacial score (nSPS) is 11.8. The van der Waals surface area contributed by atoms with E-state index in [2.05, 4.69) is 5.32 Å². The summed E-state index contributed by atoms with van der Waals surface area (Å²) < 4.78 is 22.7. The number of aryl methyl sites for hydroxylation is 1. The van der Waals surface area contributed by atoms with Gasteiger partial charge in [0.25, 0.3) is 5.91 Å². The van der Waals surface area contributed by atoms with Crippen LogP contribution in [-0.2, 0) is 16.0 Å². The van der Waals surface area contributed by atoms with Gasteiger partial charge in [0.2, 0.25) is 0 Å². The van der Waals surface area contributed by atoms with Gasteiger partial charge in [-0.3, -0.25) is 4.79 Å². The summed E-state index contributed by atoms with van der Waals surface area (Å²) in [5, 5.41) is 2.57. The highest BCUT2D eigenvalue weighted by Gasteiger charge is 2.24. The van der Waals surface area contributed by atoms with Gasteiger partial charge < -0.3 is 14.5 Å². The number of amides is 1. The quantitative estimate of drug-likeness (QED) is 0.860. The van der Waals surface area contributed by atoms with E-state index in [-0.39, 0.29) is 18.0 Å². The second-order valence-electron chi connectivity index (χ2n) is 4.81. The van der Waals surface area contributed by atoms with Gasteiger partial charge >= 0.3 is 5.97 Å². The molecule has 0 saturated heterocycles. The molecule has 0 radical (unpaired) electrons. The molecule has 0 aliphatic rings. The Hall–Kier alpha value is -2.63. The van der Waals surface area contributed by atoms with Crippen LogP contribution in [0.5, 0.6) is 0 Å². The summed E-state index contributed by atoms with van der Waals surface area (Å²) in [6, 6.07) is 6.46. The van der Waals surface area contributed by atoms with Gasteiger partial charge in [-0.2, -0.15) is 0 Å². The number of hydrogen-bond acceptors (Lipinski definition) is 4. The molecule has 116 valence electrons. The predicted octanol–water partition coefficient (Wildman–Crippen LogP) is 2.24. The number of ether oxygens (including phenoxy) is 1. The van der Waals surface area contributed by atoms with Crippen molar-refractivity contribution in [2.24, 2.45) is 0 Å². The summed E-state index contributed by atoms with van der Waals surface area (Å²) >= 11 is 0. The number of benzene rings is 1. The molecule has 0 aliphatic heterocycles. The highest BCUT2D eigenvalue weighted by atomic mass is 19.1. The van der Waals surface area contributed by atoms with Crippen LogP contribution in [0.25, 0.3) is 0 Å². The number of methoxy groups -OCH3 is 1. The molecule has 0 fully saturated rings. The second kappa shape index (κ2) is 6.89. The second-order valence-corrected chi connectivity index (χ2v) is 4.81. The third kappa shape index (κ3) is 3.72. The van der Waals surface area contributed by atoms with Crippen molar-refractivity contribution in [1.29, 1.82) is 0 Å². The van der Waals surface area contributed by atoms with Gasteiger partial charge in [0.05, 0.1) is 13.4 Å². The number of esters is 1. The molecule has 1 N–H and O–H groups in total. The average molecular weight is 305 g/mol. The van der Waals surface area contributed by atoms with Crippen molar-refractivity contribution in [2.45, 2.75) is 19.4 Å². The smallest absolute Gasteiger partial charge is 0.328 e. The number of hydrogen-bond donors (Lipinski definition) is 1. The third-order valence-corrected chi connectivity index (χ3v) is 3.21. The Balaban J connectivity index is 2.13. The van der Waals surface area contributed by atoms with E-state index in [0.29, 0.717) is 11.1 Å². The Morgan fingerprint density at radius 3 is 2.50 bits per heavy atom. The molecule has 0 saturated carbocycles. The SMILES string of the molecule is COC(=O)[C@H](Cc1ccc(F)cc1)NC(=O)c1occc1C. The van der Waals surface area contributed by atoms with Crippen LogP contribution < -0.4 is 5.32 Å². The average Bonchev–Trinajstić information content (AvgIpc) is 2.94. The van der Waals surface area contributed by atoms with Crippen molar-refractivity contribution in [3.05, 3.63) is 59.3 Å². The summed E-state index contributed by atoms with van der Waals surface area (Å²) in [4.78, 5) is 24.0. The van der Waals surface area contributed by atoms with Gasteiger partial charge in [-0.1, -0.05) is 12.1 Å². The van der Waals surface area contributed by atoms with Crippen LogP contribution in [0.15, 0.2) is 41.0 Å². The lowest BCUT2D eigenvalue weighted by Crippen LogP contribution is -2.43. The van der Waals surface area contributed by atoms with Crippen LogP contribution in [0.2, 0.25) is 0 Å². The minimum atomic E-state index is -0.882. The highest BCUT2D eigenvalue weighted by molar-refractivity contribution is 5.95. The molecule has 1 heterocycles. The van der Waals surface area contributed by atoms with Gasteiger partial charge in [0.15, 0.2) is 5.76 Å². The molecule has 0 aliphatic carbocycles. The van der Waals surface area contributed by atoms with Gasteiger partial charge in [0, 0.05) is 12.0 Å². The van der Waals surface area contributed by atoms with Crippen LogP contribution in [0.4, 0.5) is 4.39 Å². The molecule has 1 aromatic heterocycles. The van der Waals surface area contributed by atoms with E-state index in [1.807, 2.05) is 0 Å². The highest BCUT2D eigenvalue weighted by Crippen LogP contribution is 2.11. The fourth-order valence-electron chi connectivity index (χ4n) is 2.02. The lowest BCUT2D eigenvalue weighted by atomic mass is 10.1. The topological polar surface area (TPSA) is 68.5 Å². The van der Waals surface area contributed by atoms with Crippen LogP contribution >= 0.6 is 0 Å². The Morgan fingerprint density at radius 2 is 1.95 bits per heavy atom. The van der Waals surface area contributed by atoms with E-state index in [1.54, 1.807) is 25.1 Å². The zero-order valence-corrected chi connectivity index (χ0v) is 12.3. The fourth-order valence-corrected chi connectivity index (χ4v) is 2.02. The first kappa shape index (κ1) is 15.8. The standard InChI is InChI=1S/C16H16FNO4/c1-10-7-8-22-14(10)15(19)18-13(16(20)21-2)9-11-3-5-12(17)6-4-11/h3-8,13H,9H2,1-2H3,(H,18,19)/t13-/m0/s1. The molecular weight excluding hydrogens is 289 g/mol. The van der Waals surface area contributed by atoms with E-state index < -0.39 is 17.9 Å². The van der Waals surface area contributed by atoms with Gasteiger partial charge in [-0.15, -0.1) is 0 Å². The maximum Gasteiger partial charge on any atom is 0.328 e. The molecule has 0 unspecified atom stereocenters. The van der Waals surface area contributed by atoms with Crippen molar-refractivity contribution in [3.63, 3.8) is 0 Å². The first-order valence-electron chi connectivity index (χ1n) is 6.68. The molecule has 1 atom stereocenters. The summed E-state index contributed by atoms with van der Waals surface area (Å²) in [7, 11) is 1.24. The Kier molecular flexibility index (Phi) is 4.93. The minimum absolute atomic E-state index is 0.146. The molecule has 2 rings (SSSR count). The molecule has 2 aromatic rings. The van der Waals surface area contributed by atoms with Crippen molar-refractivity contribution >= 4 is 11.9 Å². The summed E-state index contributed by atoms with van der Waals surface area (Å²) in [6.45, 7) is 1.73. The summed E-state index contributed by atoms with van der Waals surface area (Å²) in [5.41, 5.74) is 1.37. The lowest BCUT2D eigenvalue weighted by molar-refractivity contribution is -0.142. The van der Waals surface area contributed by atoms with Crippen molar-refractivity contribution in [3.8, 4) is 0 Å². The molecular formula is C16H16FNO4. The van der Waals surface area contributed by atoms with E-state index in [4.69, 9.17) is 9.15 Å². The monoisotopic (exact) mass is 305 g/mol. The van der Waals surface area contributed by atoms with Gasteiger partial charge in [-0.05, 0) is 30.7 Å². The first-order chi connectivity index (χ1) is 10.5. The molecule has 6 heteroatoms. The number of rotatable bonds is 5. The molecule has 1 amide bonds. The van der Waals surface area contributed by atoms with Crippen LogP contribution in [0.3, 0.4) is 0 Å². The van der Waals surface area contributed by atoms with E-state index in [9.17, 15) is 14.0 Å². The van der Waals surface area contributed by atoms with E-state index in [0.717, 1.165) is 0 Å². The van der Waals surface area contributed by atoms with Gasteiger partial charge in [0.1, 0.15) is 11.9 Å². The number of halogens is 1. The zero-order chi connectivity index (χ0) is 16.1. The third-order valence-electron chi connectivity index (χ3n) is 3.21. The molecule has 5 nitrogen and oxygen atoms in total. The Morgan fingerprint density at radius 1 is 1.27 bits per heavy atom. The minimum Gasteiger partial charge on any atom is -0.467 e. The lowest BCUT2D eigenvalue weighted by Gasteiger charge is -2.16. The van der Waals surface area contributed by atoms with Crippen molar-refractivity contribution in [1.82, 2.24) is 5.32 Å². The number of carbonyl (C=O) groups is 2. The first-order valence-corrected chi connectivity index (χ1v) is 6.68. The van der Waals surface area contributed by atoms with Crippen LogP contribution in [-0.4, -0.2) is 25.0 Å². The maximum atomic E-state index is 12.9.